The summed E-state index contributed by atoms with van der Waals surface area (Å²) < 4.78 is 38.8. The minimum atomic E-state index is -3.72. The van der Waals surface area contributed by atoms with Crippen LogP contribution in [-0.2, 0) is 9.84 Å². The number of hydrogen-bond donors (Lipinski definition) is 0. The van der Waals surface area contributed by atoms with E-state index in [2.05, 4.69) is 4.98 Å². The molecule has 1 aromatic heterocycles. The normalized spacial score (nSPS) is 15.9. The van der Waals surface area contributed by atoms with Crippen molar-refractivity contribution in [3.8, 4) is 0 Å². The van der Waals surface area contributed by atoms with Crippen molar-refractivity contribution < 1.29 is 17.6 Å². The molecule has 1 aliphatic heterocycles. The van der Waals surface area contributed by atoms with E-state index >= 15 is 0 Å². The fraction of sp³-hybridized carbons (Fsp3) is 0.429. The Labute approximate surface area is 171 Å². The van der Waals surface area contributed by atoms with Gasteiger partial charge in [0, 0.05) is 38.2 Å². The minimum absolute atomic E-state index is 0.00146. The molecule has 0 spiro atoms. The summed E-state index contributed by atoms with van der Waals surface area (Å²) in [6.07, 6.45) is 4.39. The third-order valence-corrected chi connectivity index (χ3v) is 8.48. The second-order valence-electron chi connectivity index (χ2n) is 7.87. The molecular weight excluding hydrogens is 393 g/mol. The van der Waals surface area contributed by atoms with E-state index in [1.807, 2.05) is 0 Å². The van der Waals surface area contributed by atoms with Gasteiger partial charge in [0.25, 0.3) is 0 Å². The standard InChI is InChI=1S/C21H26FN3O3S/c1-21(2,29(27,28)19-6-4-5-17(22)15-19)16-9-13-25(14-10-16)20(26)24(3)18-7-11-23-12-8-18/h4-8,11-12,15-16H,9-10,13-14H2,1-3H3. The number of urea groups is 1. The molecular formula is C21H26FN3O3S. The molecule has 0 N–H and O–H groups in total. The molecule has 156 valence electrons. The topological polar surface area (TPSA) is 70.6 Å². The third-order valence-electron chi connectivity index (χ3n) is 5.88. The van der Waals surface area contributed by atoms with Crippen LogP contribution in [0, 0.1) is 11.7 Å². The number of nitrogens with zero attached hydrogens (tertiary/aromatic N) is 3. The van der Waals surface area contributed by atoms with E-state index in [0.717, 1.165) is 11.8 Å². The van der Waals surface area contributed by atoms with Crippen molar-refractivity contribution in [2.75, 3.05) is 25.0 Å². The van der Waals surface area contributed by atoms with Gasteiger partial charge in [-0.15, -0.1) is 0 Å². The van der Waals surface area contributed by atoms with Gasteiger partial charge in [0.1, 0.15) is 5.82 Å². The summed E-state index contributed by atoms with van der Waals surface area (Å²) in [5.74, 6) is -0.701. The molecule has 1 aliphatic rings. The first-order chi connectivity index (χ1) is 13.6. The average Bonchev–Trinajstić information content (AvgIpc) is 2.73. The maximum absolute atomic E-state index is 13.6. The number of hydrogen-bond acceptors (Lipinski definition) is 4. The largest absolute Gasteiger partial charge is 0.324 e. The highest BCUT2D eigenvalue weighted by Gasteiger charge is 2.44. The van der Waals surface area contributed by atoms with Crippen LogP contribution < -0.4 is 4.90 Å². The Hall–Kier alpha value is -2.48. The zero-order chi connectivity index (χ0) is 21.2. The van der Waals surface area contributed by atoms with Crippen LogP contribution in [0.15, 0.2) is 53.7 Å². The molecule has 1 saturated heterocycles. The maximum atomic E-state index is 13.6. The van der Waals surface area contributed by atoms with Crippen molar-refractivity contribution in [2.45, 2.75) is 36.3 Å². The molecule has 8 heteroatoms. The molecule has 1 fully saturated rings. The lowest BCUT2D eigenvalue weighted by Crippen LogP contribution is -2.50. The van der Waals surface area contributed by atoms with Gasteiger partial charge in [0.15, 0.2) is 9.84 Å². The van der Waals surface area contributed by atoms with E-state index in [-0.39, 0.29) is 16.8 Å². The molecule has 0 radical (unpaired) electrons. The zero-order valence-corrected chi connectivity index (χ0v) is 17.7. The molecule has 0 unspecified atom stereocenters. The molecule has 2 heterocycles. The summed E-state index contributed by atoms with van der Waals surface area (Å²) in [5, 5.41) is 0. The number of piperidine rings is 1. The summed E-state index contributed by atoms with van der Waals surface area (Å²) in [6, 6.07) is 8.55. The first-order valence-corrected chi connectivity index (χ1v) is 11.1. The van der Waals surface area contributed by atoms with Crippen molar-refractivity contribution in [3.63, 3.8) is 0 Å². The lowest BCUT2D eigenvalue weighted by molar-refractivity contribution is 0.167. The molecule has 1 aromatic carbocycles. The Kier molecular flexibility index (Phi) is 5.93. The zero-order valence-electron chi connectivity index (χ0n) is 16.9. The Balaban J connectivity index is 1.70. The molecule has 0 aliphatic carbocycles. The van der Waals surface area contributed by atoms with Crippen LogP contribution in [-0.4, -0.2) is 49.2 Å². The van der Waals surface area contributed by atoms with Crippen molar-refractivity contribution in [1.82, 2.24) is 9.88 Å². The predicted octanol–water partition coefficient (Wildman–Crippen LogP) is 3.74. The number of anilines is 1. The van der Waals surface area contributed by atoms with Crippen molar-refractivity contribution in [1.29, 1.82) is 0 Å². The smallest absolute Gasteiger partial charge is 0.324 e. The van der Waals surface area contributed by atoms with Crippen LogP contribution in [0.5, 0.6) is 0 Å². The van der Waals surface area contributed by atoms with E-state index in [0.29, 0.717) is 25.9 Å². The molecule has 2 amide bonds. The van der Waals surface area contributed by atoms with Crippen LogP contribution in [0.2, 0.25) is 0 Å². The number of halogens is 1. The monoisotopic (exact) mass is 419 g/mol. The predicted molar refractivity (Wildman–Crippen MR) is 110 cm³/mol. The number of carbonyl (C=O) groups is 1. The lowest BCUT2D eigenvalue weighted by Gasteiger charge is -2.41. The number of benzene rings is 1. The quantitative estimate of drug-likeness (QED) is 0.757. The van der Waals surface area contributed by atoms with Gasteiger partial charge in [0.2, 0.25) is 0 Å². The molecule has 0 bridgehead atoms. The first-order valence-electron chi connectivity index (χ1n) is 9.57. The van der Waals surface area contributed by atoms with E-state index < -0.39 is 20.4 Å². The lowest BCUT2D eigenvalue weighted by atomic mass is 9.86. The van der Waals surface area contributed by atoms with Gasteiger partial charge in [-0.05, 0) is 62.9 Å². The first kappa shape index (κ1) is 21.2. The molecule has 2 aromatic rings. The van der Waals surface area contributed by atoms with Crippen LogP contribution >= 0.6 is 0 Å². The van der Waals surface area contributed by atoms with Gasteiger partial charge in [0.05, 0.1) is 9.64 Å². The van der Waals surface area contributed by atoms with E-state index in [9.17, 15) is 17.6 Å². The van der Waals surface area contributed by atoms with E-state index in [4.69, 9.17) is 0 Å². The van der Waals surface area contributed by atoms with E-state index in [1.54, 1.807) is 55.2 Å². The summed E-state index contributed by atoms with van der Waals surface area (Å²) in [7, 11) is -2.01. The van der Waals surface area contributed by atoms with Gasteiger partial charge in [-0.2, -0.15) is 0 Å². The van der Waals surface area contributed by atoms with Crippen molar-refractivity contribution in [2.24, 2.45) is 5.92 Å². The number of aromatic nitrogens is 1. The Morgan fingerprint density at radius 1 is 1.17 bits per heavy atom. The van der Waals surface area contributed by atoms with E-state index in [1.165, 1.54) is 18.2 Å². The Morgan fingerprint density at radius 2 is 1.79 bits per heavy atom. The SMILES string of the molecule is CN(C(=O)N1CCC(C(C)(C)S(=O)(=O)c2cccc(F)c2)CC1)c1ccncc1. The van der Waals surface area contributed by atoms with Crippen LogP contribution in [0.25, 0.3) is 0 Å². The number of rotatable bonds is 4. The fourth-order valence-electron chi connectivity index (χ4n) is 3.81. The third kappa shape index (κ3) is 4.12. The highest BCUT2D eigenvalue weighted by molar-refractivity contribution is 7.92. The molecule has 0 atom stereocenters. The van der Waals surface area contributed by atoms with Gasteiger partial charge >= 0.3 is 6.03 Å². The van der Waals surface area contributed by atoms with Gasteiger partial charge in [-0.25, -0.2) is 17.6 Å². The number of likely N-dealkylation sites (tertiary alicyclic amines) is 1. The van der Waals surface area contributed by atoms with Gasteiger partial charge < -0.3 is 4.90 Å². The highest BCUT2D eigenvalue weighted by Crippen LogP contribution is 2.38. The van der Waals surface area contributed by atoms with Gasteiger partial charge in [-0.3, -0.25) is 9.88 Å². The molecule has 3 rings (SSSR count). The Morgan fingerprint density at radius 3 is 2.38 bits per heavy atom. The second kappa shape index (κ2) is 8.10. The van der Waals surface area contributed by atoms with Crippen molar-refractivity contribution >= 4 is 21.6 Å². The molecule has 29 heavy (non-hydrogen) atoms. The number of carbonyl (C=O) groups excluding carboxylic acids is 1. The van der Waals surface area contributed by atoms with Gasteiger partial charge in [-0.1, -0.05) is 6.07 Å². The minimum Gasteiger partial charge on any atom is -0.324 e. The Bertz CT molecular complexity index is 972. The van der Waals surface area contributed by atoms with Crippen LogP contribution in [0.1, 0.15) is 26.7 Å². The number of amides is 2. The maximum Gasteiger partial charge on any atom is 0.324 e. The fourth-order valence-corrected chi connectivity index (χ4v) is 5.62. The number of pyridine rings is 1. The van der Waals surface area contributed by atoms with Crippen LogP contribution in [0.3, 0.4) is 0 Å². The highest BCUT2D eigenvalue weighted by atomic mass is 32.2. The molecule has 6 nitrogen and oxygen atoms in total. The molecule has 0 saturated carbocycles. The van der Waals surface area contributed by atoms with Crippen LogP contribution in [0.4, 0.5) is 14.9 Å². The summed E-state index contributed by atoms with van der Waals surface area (Å²) >= 11 is 0. The average molecular weight is 420 g/mol. The second-order valence-corrected chi connectivity index (χ2v) is 10.4. The summed E-state index contributed by atoms with van der Waals surface area (Å²) in [6.45, 7) is 4.33. The summed E-state index contributed by atoms with van der Waals surface area (Å²) in [4.78, 5) is 20.0. The van der Waals surface area contributed by atoms with Crippen molar-refractivity contribution in [3.05, 3.63) is 54.6 Å². The number of sulfone groups is 1. The summed E-state index contributed by atoms with van der Waals surface area (Å²) in [5.41, 5.74) is 0.751.